The van der Waals surface area contributed by atoms with Crippen LogP contribution in [0.2, 0.25) is 0 Å². The lowest BCUT2D eigenvalue weighted by atomic mass is 9.78. The molecule has 3 nitrogen and oxygen atoms in total. The van der Waals surface area contributed by atoms with Crippen LogP contribution in [0, 0.1) is 5.92 Å². The highest BCUT2D eigenvalue weighted by Gasteiger charge is 2.29. The van der Waals surface area contributed by atoms with Crippen LogP contribution >= 0.6 is 24.8 Å². The number of anilines is 1. The van der Waals surface area contributed by atoms with Gasteiger partial charge >= 0.3 is 0 Å². The predicted octanol–water partition coefficient (Wildman–Crippen LogP) is 6.65. The molecular weight excluding hydrogens is 439 g/mol. The Morgan fingerprint density at radius 3 is 2.09 bits per heavy atom. The van der Waals surface area contributed by atoms with E-state index < -0.39 is 0 Å². The van der Waals surface area contributed by atoms with Crippen molar-refractivity contribution in [2.75, 3.05) is 33.5 Å². The maximum atomic E-state index is 5.95. The Kier molecular flexibility index (Phi) is 9.60. The first-order valence-electron chi connectivity index (χ1n) is 10.8. The number of ether oxygens (including phenoxy) is 1. The van der Waals surface area contributed by atoms with Gasteiger partial charge in [-0.25, -0.2) is 0 Å². The topological polar surface area (TPSA) is 38.5 Å². The molecule has 1 aliphatic carbocycles. The Morgan fingerprint density at radius 2 is 1.50 bits per heavy atom. The third-order valence-corrected chi connectivity index (χ3v) is 6.30. The molecule has 3 aromatic rings. The summed E-state index contributed by atoms with van der Waals surface area (Å²) in [7, 11) is 6.14. The van der Waals surface area contributed by atoms with Crippen LogP contribution in [0.25, 0.3) is 22.3 Å². The van der Waals surface area contributed by atoms with Crippen LogP contribution in [0.5, 0.6) is 0 Å². The molecule has 32 heavy (non-hydrogen) atoms. The number of nitrogen functional groups attached to an aromatic ring is 1. The molecule has 5 heteroatoms. The molecule has 4 rings (SSSR count). The highest BCUT2D eigenvalue weighted by atomic mass is 35.5. The summed E-state index contributed by atoms with van der Waals surface area (Å²) in [6.07, 6.45) is 3.70. The Morgan fingerprint density at radius 1 is 0.875 bits per heavy atom. The van der Waals surface area contributed by atoms with Crippen LogP contribution in [-0.2, 0) is 11.2 Å². The van der Waals surface area contributed by atoms with E-state index in [1.165, 1.54) is 40.7 Å². The number of nitrogens with zero attached hydrogens (tertiary/aromatic N) is 1. The third kappa shape index (κ3) is 5.85. The van der Waals surface area contributed by atoms with Gasteiger partial charge in [0.2, 0.25) is 0 Å². The lowest BCUT2D eigenvalue weighted by molar-refractivity contribution is 0.0343. The molecule has 0 amide bonds. The monoisotopic (exact) mass is 472 g/mol. The molecule has 1 aliphatic rings. The molecule has 0 fully saturated rings. The van der Waals surface area contributed by atoms with Crippen LogP contribution in [0.4, 0.5) is 5.69 Å². The fourth-order valence-corrected chi connectivity index (χ4v) is 4.64. The highest BCUT2D eigenvalue weighted by Crippen LogP contribution is 2.40. The number of halogens is 2. The van der Waals surface area contributed by atoms with Crippen molar-refractivity contribution in [1.82, 2.24) is 4.90 Å². The summed E-state index contributed by atoms with van der Waals surface area (Å²) >= 11 is 0. The SMILES string of the molecule is COC1c2ccc(-c3ccc(-c4cccc(N)c4)cc3)cc2CCC1CCN(C)C.Cl.Cl. The van der Waals surface area contributed by atoms with Crippen LogP contribution < -0.4 is 5.73 Å². The second kappa shape index (κ2) is 11.7. The Labute approximate surface area is 204 Å². The van der Waals surface area contributed by atoms with Gasteiger partial charge in [-0.3, -0.25) is 0 Å². The molecular formula is C27H34Cl2N2O. The molecule has 3 aromatic carbocycles. The molecule has 0 spiro atoms. The van der Waals surface area contributed by atoms with Gasteiger partial charge in [-0.05, 0) is 91.3 Å². The first-order valence-corrected chi connectivity index (χ1v) is 10.8. The fraction of sp³-hybridized carbons (Fsp3) is 0.333. The van der Waals surface area contributed by atoms with Crippen LogP contribution in [0.15, 0.2) is 66.7 Å². The van der Waals surface area contributed by atoms with Crippen molar-refractivity contribution in [3.8, 4) is 22.3 Å². The minimum absolute atomic E-state index is 0. The van der Waals surface area contributed by atoms with Crippen LogP contribution in [0.3, 0.4) is 0 Å². The average Bonchev–Trinajstić information content (AvgIpc) is 2.77. The summed E-state index contributed by atoms with van der Waals surface area (Å²) in [6, 6.07) is 23.7. The summed E-state index contributed by atoms with van der Waals surface area (Å²) in [5, 5.41) is 0. The summed E-state index contributed by atoms with van der Waals surface area (Å²) < 4.78 is 5.95. The second-order valence-electron chi connectivity index (χ2n) is 8.66. The maximum Gasteiger partial charge on any atom is 0.0852 e. The maximum absolute atomic E-state index is 5.95. The third-order valence-electron chi connectivity index (χ3n) is 6.30. The van der Waals surface area contributed by atoms with Gasteiger partial charge in [0.05, 0.1) is 6.10 Å². The van der Waals surface area contributed by atoms with E-state index in [1.54, 1.807) is 0 Å². The lowest BCUT2D eigenvalue weighted by Gasteiger charge is -2.33. The minimum atomic E-state index is 0. The van der Waals surface area contributed by atoms with Crippen molar-refractivity contribution < 1.29 is 4.74 Å². The number of benzene rings is 3. The molecule has 0 radical (unpaired) electrons. The molecule has 0 heterocycles. The highest BCUT2D eigenvalue weighted by molar-refractivity contribution is 5.85. The van der Waals surface area contributed by atoms with E-state index in [1.807, 2.05) is 25.3 Å². The normalized spacial score (nSPS) is 17.2. The van der Waals surface area contributed by atoms with Crippen molar-refractivity contribution in [3.63, 3.8) is 0 Å². The van der Waals surface area contributed by atoms with Gasteiger partial charge in [-0.15, -0.1) is 24.8 Å². The van der Waals surface area contributed by atoms with Crippen molar-refractivity contribution in [2.24, 2.45) is 5.92 Å². The van der Waals surface area contributed by atoms with Gasteiger partial charge in [-0.1, -0.05) is 54.6 Å². The Bertz CT molecular complexity index is 1000. The summed E-state index contributed by atoms with van der Waals surface area (Å²) in [4.78, 5) is 2.26. The summed E-state index contributed by atoms with van der Waals surface area (Å²) in [6.45, 7) is 1.11. The fourth-order valence-electron chi connectivity index (χ4n) is 4.64. The zero-order chi connectivity index (χ0) is 21.1. The van der Waals surface area contributed by atoms with Gasteiger partial charge in [0, 0.05) is 12.8 Å². The molecule has 0 aromatic heterocycles. The van der Waals surface area contributed by atoms with E-state index in [-0.39, 0.29) is 30.9 Å². The number of fused-ring (bicyclic) bond motifs is 1. The van der Waals surface area contributed by atoms with Gasteiger partial charge in [0.1, 0.15) is 0 Å². The van der Waals surface area contributed by atoms with Crippen LogP contribution in [0.1, 0.15) is 30.1 Å². The summed E-state index contributed by atoms with van der Waals surface area (Å²) in [5.74, 6) is 0.591. The molecule has 172 valence electrons. The number of hydrogen-bond donors (Lipinski definition) is 1. The molecule has 2 unspecified atom stereocenters. The van der Waals surface area contributed by atoms with Crippen LogP contribution in [-0.4, -0.2) is 32.6 Å². The van der Waals surface area contributed by atoms with Gasteiger partial charge < -0.3 is 15.4 Å². The van der Waals surface area contributed by atoms with Gasteiger partial charge in [0.15, 0.2) is 0 Å². The largest absolute Gasteiger partial charge is 0.399 e. The number of rotatable bonds is 6. The predicted molar refractivity (Wildman–Crippen MR) is 141 cm³/mol. The van der Waals surface area contributed by atoms with Crippen molar-refractivity contribution in [1.29, 1.82) is 0 Å². The van der Waals surface area contributed by atoms with E-state index >= 15 is 0 Å². The average molecular weight is 473 g/mol. The van der Waals surface area contributed by atoms with E-state index in [2.05, 4.69) is 67.5 Å². The van der Waals surface area contributed by atoms with E-state index in [4.69, 9.17) is 10.5 Å². The van der Waals surface area contributed by atoms with Crippen molar-refractivity contribution in [2.45, 2.75) is 25.4 Å². The summed E-state index contributed by atoms with van der Waals surface area (Å²) in [5.41, 5.74) is 14.4. The number of aryl methyl sites for hydroxylation is 1. The van der Waals surface area contributed by atoms with Gasteiger partial charge in [0.25, 0.3) is 0 Å². The molecule has 0 aliphatic heterocycles. The molecule has 0 saturated carbocycles. The molecule has 0 bridgehead atoms. The van der Waals surface area contributed by atoms with E-state index in [0.717, 1.165) is 24.2 Å². The molecule has 0 saturated heterocycles. The zero-order valence-corrected chi connectivity index (χ0v) is 20.7. The Balaban J connectivity index is 0.00000181. The molecule has 2 N–H and O–H groups in total. The van der Waals surface area contributed by atoms with E-state index in [9.17, 15) is 0 Å². The number of nitrogens with two attached hydrogens (primary N) is 1. The van der Waals surface area contributed by atoms with Crippen molar-refractivity contribution in [3.05, 3.63) is 77.9 Å². The standard InChI is InChI=1S/C27H32N2O.2ClH/c1-29(2)16-15-21-11-12-24-17-23(13-14-26(24)27(21)30-3)20-9-7-19(8-10-20)22-5-4-6-25(28)18-22;;/h4-10,13-14,17-18,21,27H,11-12,15-16,28H2,1-3H3;2*1H. The first-order chi connectivity index (χ1) is 14.5. The Hall–Kier alpha value is -2.04. The zero-order valence-electron chi connectivity index (χ0n) is 19.1. The first kappa shape index (κ1) is 26.2. The van der Waals surface area contributed by atoms with Crippen molar-refractivity contribution >= 4 is 30.5 Å². The van der Waals surface area contributed by atoms with E-state index in [0.29, 0.717) is 5.92 Å². The second-order valence-corrected chi connectivity index (χ2v) is 8.66. The quantitative estimate of drug-likeness (QED) is 0.408. The minimum Gasteiger partial charge on any atom is -0.399 e. The smallest absolute Gasteiger partial charge is 0.0852 e. The number of hydrogen-bond acceptors (Lipinski definition) is 3. The van der Waals surface area contributed by atoms with Gasteiger partial charge in [-0.2, -0.15) is 0 Å². The number of methoxy groups -OCH3 is 1. The lowest BCUT2D eigenvalue weighted by Crippen LogP contribution is -2.26. The molecule has 2 atom stereocenters.